The average molecular weight is 375 g/mol. The van der Waals surface area contributed by atoms with Gasteiger partial charge in [0.05, 0.1) is 6.21 Å². The second kappa shape index (κ2) is 6.79. The smallest absolute Gasteiger partial charge is 0.296 e. The third-order valence-corrected chi connectivity index (χ3v) is 4.40. The van der Waals surface area contributed by atoms with E-state index in [0.717, 1.165) is 15.8 Å². The Morgan fingerprint density at radius 1 is 1.19 bits per heavy atom. The summed E-state index contributed by atoms with van der Waals surface area (Å²) in [7, 11) is 0. The second-order valence-corrected chi connectivity index (χ2v) is 8.82. The predicted octanol–water partition coefficient (Wildman–Crippen LogP) is 3.79. The molecular formula is C19H26N4O2S. The normalized spacial score (nSPS) is 12.7. The zero-order chi connectivity index (χ0) is 19.9. The molecule has 0 unspecified atom stereocenters. The zero-order valence-electron chi connectivity index (χ0n) is 16.3. The maximum Gasteiger partial charge on any atom is 0.296 e. The summed E-state index contributed by atoms with van der Waals surface area (Å²) >= 11 is 5.09. The molecule has 2 N–H and O–H groups in total. The van der Waals surface area contributed by atoms with Gasteiger partial charge in [-0.15, -0.1) is 0 Å². The number of aromatic nitrogens is 3. The van der Waals surface area contributed by atoms with E-state index >= 15 is 0 Å². The molecule has 7 heteroatoms. The Hall–Kier alpha value is -2.28. The summed E-state index contributed by atoms with van der Waals surface area (Å²) in [6.45, 7) is 14.0. The van der Waals surface area contributed by atoms with Crippen LogP contribution in [0.2, 0.25) is 0 Å². The molecule has 0 aliphatic carbocycles. The molecule has 0 saturated carbocycles. The first kappa shape index (κ1) is 20.0. The van der Waals surface area contributed by atoms with Gasteiger partial charge in [0.1, 0.15) is 11.4 Å². The Bertz CT molecular complexity index is 973. The number of aromatic amines is 1. The molecule has 1 heterocycles. The summed E-state index contributed by atoms with van der Waals surface area (Å²) in [4.78, 5) is 12.2. The van der Waals surface area contributed by atoms with Crippen molar-refractivity contribution >= 4 is 18.4 Å². The summed E-state index contributed by atoms with van der Waals surface area (Å²) < 4.78 is 1.16. The van der Waals surface area contributed by atoms with Crippen LogP contribution in [0.3, 0.4) is 0 Å². The average Bonchev–Trinajstić information content (AvgIpc) is 2.50. The Labute approximate surface area is 158 Å². The van der Waals surface area contributed by atoms with Gasteiger partial charge >= 0.3 is 0 Å². The number of rotatable bonds is 2. The maximum absolute atomic E-state index is 12.2. The number of benzene rings is 1. The topological polar surface area (TPSA) is 83.3 Å². The third kappa shape index (κ3) is 4.09. The monoisotopic (exact) mass is 374 g/mol. The van der Waals surface area contributed by atoms with Crippen molar-refractivity contribution in [1.29, 1.82) is 0 Å². The van der Waals surface area contributed by atoms with Gasteiger partial charge in [0.15, 0.2) is 0 Å². The lowest BCUT2D eigenvalue weighted by atomic mass is 9.79. The van der Waals surface area contributed by atoms with Crippen LogP contribution < -0.4 is 5.56 Å². The van der Waals surface area contributed by atoms with Crippen molar-refractivity contribution in [3.8, 4) is 5.75 Å². The van der Waals surface area contributed by atoms with Gasteiger partial charge in [0, 0.05) is 11.1 Å². The minimum atomic E-state index is -0.396. The highest BCUT2D eigenvalue weighted by Crippen LogP contribution is 2.37. The van der Waals surface area contributed by atoms with E-state index in [1.165, 1.54) is 6.21 Å². The molecule has 140 valence electrons. The van der Waals surface area contributed by atoms with Crippen LogP contribution in [0.4, 0.5) is 0 Å². The molecule has 1 aromatic heterocycles. The molecule has 0 aliphatic heterocycles. The van der Waals surface area contributed by atoms with Gasteiger partial charge in [-0.05, 0) is 41.6 Å². The molecule has 0 fully saturated rings. The Morgan fingerprint density at radius 3 is 2.35 bits per heavy atom. The Kier molecular flexibility index (Phi) is 5.24. The summed E-state index contributed by atoms with van der Waals surface area (Å²) in [5.74, 6) is 0.156. The summed E-state index contributed by atoms with van der Waals surface area (Å²) in [5, 5.41) is 21.3. The maximum atomic E-state index is 12.2. The number of phenolic OH excluding ortho intramolecular Hbond substituents is 1. The Balaban J connectivity index is 2.69. The van der Waals surface area contributed by atoms with Gasteiger partial charge in [-0.25, -0.2) is 0 Å². The fourth-order valence-electron chi connectivity index (χ4n) is 2.46. The first-order valence-electron chi connectivity index (χ1n) is 8.43. The lowest BCUT2D eigenvalue weighted by Gasteiger charge is -2.26. The van der Waals surface area contributed by atoms with Crippen molar-refractivity contribution in [2.24, 2.45) is 5.10 Å². The lowest BCUT2D eigenvalue weighted by Crippen LogP contribution is -2.22. The van der Waals surface area contributed by atoms with Crippen molar-refractivity contribution in [1.82, 2.24) is 14.9 Å². The summed E-state index contributed by atoms with van der Waals surface area (Å²) in [5.41, 5.74) is 1.97. The van der Waals surface area contributed by atoms with Gasteiger partial charge in [0.2, 0.25) is 4.77 Å². The lowest BCUT2D eigenvalue weighted by molar-refractivity contribution is 0.444. The van der Waals surface area contributed by atoms with Gasteiger partial charge in [0.25, 0.3) is 5.56 Å². The van der Waals surface area contributed by atoms with E-state index in [9.17, 15) is 9.90 Å². The van der Waals surface area contributed by atoms with Crippen molar-refractivity contribution < 1.29 is 5.11 Å². The standard InChI is InChI=1S/C19H26N4O2S/c1-11-16(25)23(17(26)22-21-11)20-10-12-8-13(18(2,3)4)9-14(15(12)24)19(5,6)7/h8-10,24H,1-7H3,(H,22,26)/b20-10+. The number of H-pyrrole nitrogens is 1. The van der Waals surface area contributed by atoms with E-state index in [1.54, 1.807) is 6.92 Å². The van der Waals surface area contributed by atoms with Gasteiger partial charge in [-0.2, -0.15) is 14.9 Å². The molecule has 0 saturated heterocycles. The molecule has 2 aromatic rings. The van der Waals surface area contributed by atoms with Gasteiger partial charge < -0.3 is 5.11 Å². The van der Waals surface area contributed by atoms with E-state index in [2.05, 4.69) is 36.1 Å². The second-order valence-electron chi connectivity index (χ2n) is 8.44. The first-order chi connectivity index (χ1) is 11.8. The fourth-order valence-corrected chi connectivity index (χ4v) is 2.63. The third-order valence-electron chi connectivity index (χ3n) is 4.14. The molecule has 0 bridgehead atoms. The van der Waals surface area contributed by atoms with Crippen LogP contribution in [0.25, 0.3) is 0 Å². The largest absolute Gasteiger partial charge is 0.507 e. The number of aryl methyl sites for hydroxylation is 1. The number of nitrogens with zero attached hydrogens (tertiary/aromatic N) is 3. The van der Waals surface area contributed by atoms with Gasteiger partial charge in [-0.3, -0.25) is 9.89 Å². The van der Waals surface area contributed by atoms with E-state index < -0.39 is 5.56 Å². The molecule has 0 aliphatic rings. The summed E-state index contributed by atoms with van der Waals surface area (Å²) in [6, 6.07) is 3.92. The highest BCUT2D eigenvalue weighted by molar-refractivity contribution is 7.71. The SMILES string of the molecule is Cc1n[nH]c(=S)n(/N=C/c2cc(C(C)(C)C)cc(C(C)(C)C)c2O)c1=O. The minimum absolute atomic E-state index is 0.0966. The van der Waals surface area contributed by atoms with Crippen LogP contribution in [-0.2, 0) is 10.8 Å². The highest BCUT2D eigenvalue weighted by atomic mass is 32.1. The van der Waals surface area contributed by atoms with Crippen LogP contribution in [-0.4, -0.2) is 26.2 Å². The minimum Gasteiger partial charge on any atom is -0.507 e. The molecule has 6 nitrogen and oxygen atoms in total. The first-order valence-corrected chi connectivity index (χ1v) is 8.84. The number of nitrogens with one attached hydrogen (secondary N) is 1. The van der Waals surface area contributed by atoms with E-state index in [0.29, 0.717) is 5.56 Å². The number of hydrogen-bond donors (Lipinski definition) is 2. The number of phenols is 1. The number of aromatic hydroxyl groups is 1. The van der Waals surface area contributed by atoms with E-state index in [1.807, 2.05) is 32.9 Å². The van der Waals surface area contributed by atoms with Crippen LogP contribution in [0.1, 0.15) is 63.9 Å². The Morgan fingerprint density at radius 2 is 1.81 bits per heavy atom. The highest BCUT2D eigenvalue weighted by Gasteiger charge is 2.24. The van der Waals surface area contributed by atoms with E-state index in [4.69, 9.17) is 12.2 Å². The molecule has 0 radical (unpaired) electrons. The molecular weight excluding hydrogens is 348 g/mol. The summed E-state index contributed by atoms with van der Waals surface area (Å²) in [6.07, 6.45) is 1.46. The van der Waals surface area contributed by atoms with Crippen molar-refractivity contribution in [2.45, 2.75) is 59.3 Å². The molecule has 1 aromatic carbocycles. The molecule has 26 heavy (non-hydrogen) atoms. The van der Waals surface area contributed by atoms with Crippen molar-refractivity contribution in [2.75, 3.05) is 0 Å². The van der Waals surface area contributed by atoms with Crippen LogP contribution in [0.15, 0.2) is 22.0 Å². The molecule has 0 spiro atoms. The van der Waals surface area contributed by atoms with E-state index in [-0.39, 0.29) is 27.0 Å². The fraction of sp³-hybridized carbons (Fsp3) is 0.474. The van der Waals surface area contributed by atoms with Gasteiger partial charge in [-0.1, -0.05) is 47.6 Å². The van der Waals surface area contributed by atoms with Crippen LogP contribution >= 0.6 is 12.2 Å². The van der Waals surface area contributed by atoms with Crippen molar-refractivity contribution in [3.05, 3.63) is 49.6 Å². The molecule has 0 atom stereocenters. The van der Waals surface area contributed by atoms with Crippen LogP contribution in [0, 0.1) is 11.7 Å². The zero-order valence-corrected chi connectivity index (χ0v) is 17.2. The van der Waals surface area contributed by atoms with Crippen LogP contribution in [0.5, 0.6) is 5.75 Å². The molecule has 0 amide bonds. The van der Waals surface area contributed by atoms with Crippen molar-refractivity contribution in [3.63, 3.8) is 0 Å². The predicted molar refractivity (Wildman–Crippen MR) is 107 cm³/mol. The number of hydrogen-bond acceptors (Lipinski definition) is 5. The molecule has 2 rings (SSSR count). The quantitative estimate of drug-likeness (QED) is 0.619.